The van der Waals surface area contributed by atoms with Gasteiger partial charge in [-0.25, -0.2) is 9.59 Å². The summed E-state index contributed by atoms with van der Waals surface area (Å²) in [5.74, 6) is -2.86. The summed E-state index contributed by atoms with van der Waals surface area (Å²) in [5.41, 5.74) is 4.69. The molecule has 0 aliphatic heterocycles. The highest BCUT2D eigenvalue weighted by Crippen LogP contribution is 2.25. The summed E-state index contributed by atoms with van der Waals surface area (Å²) in [4.78, 5) is 66.3. The molecule has 2 aromatic rings. The molecule has 12 heteroatoms. The first-order valence-corrected chi connectivity index (χ1v) is 14.3. The number of nitrogens with zero attached hydrogens (tertiary/aromatic N) is 1. The number of amides is 4. The van der Waals surface area contributed by atoms with Crippen molar-refractivity contribution in [3.8, 4) is 5.75 Å². The van der Waals surface area contributed by atoms with Crippen molar-refractivity contribution in [2.75, 3.05) is 7.05 Å². The van der Waals surface area contributed by atoms with Gasteiger partial charge in [0, 0.05) is 19.9 Å². The van der Waals surface area contributed by atoms with Crippen LogP contribution in [0.15, 0.2) is 54.6 Å². The number of ether oxygens (including phenoxy) is 2. The van der Waals surface area contributed by atoms with E-state index in [0.717, 1.165) is 10.5 Å². The van der Waals surface area contributed by atoms with Crippen LogP contribution in [0, 0.1) is 0 Å². The Morgan fingerprint density at radius 3 is 1.93 bits per heavy atom. The molecule has 5 N–H and O–H groups in total. The fourth-order valence-corrected chi connectivity index (χ4v) is 4.24. The van der Waals surface area contributed by atoms with Gasteiger partial charge in [-0.2, -0.15) is 0 Å². The van der Waals surface area contributed by atoms with Crippen LogP contribution in [0.5, 0.6) is 5.75 Å². The zero-order valence-electron chi connectivity index (χ0n) is 26.4. The maximum absolute atomic E-state index is 14.0. The molecular formula is C32H44N4O8. The van der Waals surface area contributed by atoms with Gasteiger partial charge in [-0.1, -0.05) is 42.5 Å². The molecule has 0 saturated carbocycles. The SMILES string of the molecule is CN(C(=O)C(CCC(N)=O)NC(=O)OC(C)(C)C)C(C(=O)NC(Cc1ccccc1)C(=O)OC(C)(C)C)c1ccc(O)cc1. The molecule has 3 unspecified atom stereocenters. The van der Waals surface area contributed by atoms with Gasteiger partial charge in [-0.05, 0) is 71.2 Å². The number of rotatable bonds is 12. The van der Waals surface area contributed by atoms with Crippen LogP contribution >= 0.6 is 0 Å². The summed E-state index contributed by atoms with van der Waals surface area (Å²) in [6.45, 7) is 10.1. The molecule has 0 radical (unpaired) electrons. The number of esters is 1. The molecule has 0 saturated heterocycles. The van der Waals surface area contributed by atoms with Crippen molar-refractivity contribution < 1.29 is 38.6 Å². The van der Waals surface area contributed by atoms with E-state index in [2.05, 4.69) is 10.6 Å². The number of phenols is 1. The van der Waals surface area contributed by atoms with Gasteiger partial charge in [0.1, 0.15) is 35.1 Å². The highest BCUT2D eigenvalue weighted by molar-refractivity contribution is 5.94. The Bertz CT molecular complexity index is 1300. The molecule has 2 aromatic carbocycles. The number of hydrogen-bond donors (Lipinski definition) is 4. The van der Waals surface area contributed by atoms with Gasteiger partial charge < -0.3 is 35.8 Å². The summed E-state index contributed by atoms with van der Waals surface area (Å²) in [6.07, 6.45) is -1.17. The van der Waals surface area contributed by atoms with Gasteiger partial charge in [-0.3, -0.25) is 14.4 Å². The number of aromatic hydroxyl groups is 1. The summed E-state index contributed by atoms with van der Waals surface area (Å²) >= 11 is 0. The van der Waals surface area contributed by atoms with Crippen LogP contribution in [0.4, 0.5) is 4.79 Å². The topological polar surface area (TPSA) is 177 Å². The molecule has 3 atom stereocenters. The summed E-state index contributed by atoms with van der Waals surface area (Å²) in [7, 11) is 1.35. The van der Waals surface area contributed by atoms with E-state index in [-0.39, 0.29) is 25.0 Å². The third-order valence-electron chi connectivity index (χ3n) is 6.15. The number of primary amides is 1. The highest BCUT2D eigenvalue weighted by Gasteiger charge is 2.36. The predicted octanol–water partition coefficient (Wildman–Crippen LogP) is 3.12. The highest BCUT2D eigenvalue weighted by atomic mass is 16.6. The lowest BCUT2D eigenvalue weighted by molar-refractivity contribution is -0.159. The monoisotopic (exact) mass is 612 g/mol. The predicted molar refractivity (Wildman–Crippen MR) is 163 cm³/mol. The van der Waals surface area contributed by atoms with Crippen molar-refractivity contribution in [1.29, 1.82) is 0 Å². The average molecular weight is 613 g/mol. The van der Waals surface area contributed by atoms with Gasteiger partial charge in [-0.15, -0.1) is 0 Å². The number of likely N-dealkylation sites (N-methyl/N-ethyl adjacent to an activating group) is 1. The van der Waals surface area contributed by atoms with E-state index >= 15 is 0 Å². The van der Waals surface area contributed by atoms with Crippen LogP contribution < -0.4 is 16.4 Å². The lowest BCUT2D eigenvalue weighted by Gasteiger charge is -2.33. The van der Waals surface area contributed by atoms with E-state index < -0.39 is 59.1 Å². The molecule has 0 heterocycles. The molecule has 0 spiro atoms. The first-order valence-electron chi connectivity index (χ1n) is 14.3. The van der Waals surface area contributed by atoms with Crippen molar-refractivity contribution in [2.45, 2.75) is 90.1 Å². The van der Waals surface area contributed by atoms with Gasteiger partial charge in [0.2, 0.25) is 17.7 Å². The minimum Gasteiger partial charge on any atom is -0.508 e. The quantitative estimate of drug-likeness (QED) is 0.264. The molecule has 0 fully saturated rings. The molecule has 240 valence electrons. The minimum atomic E-state index is -1.32. The molecular weight excluding hydrogens is 568 g/mol. The van der Waals surface area contributed by atoms with Gasteiger partial charge in [0.25, 0.3) is 0 Å². The number of hydrogen-bond acceptors (Lipinski definition) is 8. The molecule has 44 heavy (non-hydrogen) atoms. The van der Waals surface area contributed by atoms with E-state index in [1.807, 2.05) is 18.2 Å². The Kier molecular flexibility index (Phi) is 12.3. The Balaban J connectivity index is 2.47. The summed E-state index contributed by atoms with van der Waals surface area (Å²) < 4.78 is 10.9. The van der Waals surface area contributed by atoms with E-state index in [9.17, 15) is 29.1 Å². The van der Waals surface area contributed by atoms with Crippen LogP contribution in [0.1, 0.15) is 71.6 Å². The Labute approximate surface area is 258 Å². The number of carbonyl (C=O) groups excluding carboxylic acids is 5. The first-order chi connectivity index (χ1) is 20.4. The molecule has 2 rings (SSSR count). The van der Waals surface area contributed by atoms with Crippen LogP contribution in [-0.2, 0) is 35.1 Å². The molecule has 0 aliphatic rings. The number of benzene rings is 2. The summed E-state index contributed by atoms with van der Waals surface area (Å²) in [5, 5.41) is 15.1. The van der Waals surface area contributed by atoms with E-state index in [0.29, 0.717) is 5.56 Å². The van der Waals surface area contributed by atoms with Crippen LogP contribution in [0.3, 0.4) is 0 Å². The standard InChI is InChI=1S/C32H44N4O8/c1-31(2,3)43-29(41)24(19-20-11-9-8-10-12-20)34-27(39)26(21-13-15-22(37)16-14-21)36(7)28(40)23(17-18-25(33)38)35-30(42)44-32(4,5)6/h8-16,23-24,26,37H,17-19H2,1-7H3,(H2,33,38)(H,34,39)(H,35,42). The van der Waals surface area contributed by atoms with Crippen LogP contribution in [0.2, 0.25) is 0 Å². The van der Waals surface area contributed by atoms with E-state index in [1.165, 1.54) is 31.3 Å². The second-order valence-corrected chi connectivity index (χ2v) is 12.4. The molecule has 0 aliphatic carbocycles. The largest absolute Gasteiger partial charge is 0.508 e. The van der Waals surface area contributed by atoms with E-state index in [4.69, 9.17) is 15.2 Å². The smallest absolute Gasteiger partial charge is 0.408 e. The Morgan fingerprint density at radius 1 is 0.841 bits per heavy atom. The van der Waals surface area contributed by atoms with Crippen molar-refractivity contribution in [3.63, 3.8) is 0 Å². The first kappa shape index (κ1) is 35.6. The third-order valence-corrected chi connectivity index (χ3v) is 6.15. The van der Waals surface area contributed by atoms with Crippen molar-refractivity contribution in [3.05, 3.63) is 65.7 Å². The second-order valence-electron chi connectivity index (χ2n) is 12.4. The number of phenolic OH excluding ortho intramolecular Hbond substituents is 1. The second kappa shape index (κ2) is 15.2. The number of nitrogens with one attached hydrogen (secondary N) is 2. The minimum absolute atomic E-state index is 0.0662. The van der Waals surface area contributed by atoms with Crippen LogP contribution in [-0.4, -0.2) is 70.1 Å². The van der Waals surface area contributed by atoms with Crippen molar-refractivity contribution >= 4 is 29.8 Å². The molecule has 4 amide bonds. The van der Waals surface area contributed by atoms with Crippen molar-refractivity contribution in [1.82, 2.24) is 15.5 Å². The fourth-order valence-electron chi connectivity index (χ4n) is 4.24. The van der Waals surface area contributed by atoms with Crippen LogP contribution in [0.25, 0.3) is 0 Å². The van der Waals surface area contributed by atoms with Crippen molar-refractivity contribution in [2.24, 2.45) is 5.73 Å². The maximum atomic E-state index is 14.0. The normalized spacial score (nSPS) is 13.5. The van der Waals surface area contributed by atoms with Gasteiger partial charge >= 0.3 is 12.1 Å². The third kappa shape index (κ3) is 11.9. The Morgan fingerprint density at radius 2 is 1.41 bits per heavy atom. The van der Waals surface area contributed by atoms with Gasteiger partial charge in [0.15, 0.2) is 0 Å². The number of carbonyl (C=O) groups is 5. The zero-order chi connectivity index (χ0) is 33.2. The number of alkyl carbamates (subject to hydrolysis) is 1. The Hall–Kier alpha value is -4.61. The average Bonchev–Trinajstić information content (AvgIpc) is 2.90. The summed E-state index contributed by atoms with van der Waals surface area (Å²) in [6, 6.07) is 11.0. The van der Waals surface area contributed by atoms with Gasteiger partial charge in [0.05, 0.1) is 0 Å². The lowest BCUT2D eigenvalue weighted by atomic mass is 10.0. The zero-order valence-corrected chi connectivity index (χ0v) is 26.4. The fraction of sp³-hybridized carbons (Fsp3) is 0.469. The molecule has 12 nitrogen and oxygen atoms in total. The molecule has 0 bridgehead atoms. The maximum Gasteiger partial charge on any atom is 0.408 e. The van der Waals surface area contributed by atoms with E-state index in [1.54, 1.807) is 53.7 Å². The lowest BCUT2D eigenvalue weighted by Crippen LogP contribution is -2.54. The molecule has 0 aromatic heterocycles. The number of nitrogens with two attached hydrogens (primary N) is 1.